The van der Waals surface area contributed by atoms with Gasteiger partial charge < -0.3 is 14.6 Å². The Morgan fingerprint density at radius 1 is 1.04 bits per heavy atom. The summed E-state index contributed by atoms with van der Waals surface area (Å²) < 4.78 is 11.9. The summed E-state index contributed by atoms with van der Waals surface area (Å²) in [6, 6.07) is 0. The van der Waals surface area contributed by atoms with Crippen LogP contribution in [0.25, 0.3) is 0 Å². The molecule has 1 aliphatic heterocycles. The number of fused-ring (bicyclic) bond motifs is 5. The maximum absolute atomic E-state index is 10.3. The molecular weight excluding hydrogens is 312 g/mol. The zero-order valence-corrected chi connectivity index (χ0v) is 15.9. The Morgan fingerprint density at radius 3 is 2.60 bits per heavy atom. The van der Waals surface area contributed by atoms with Crippen LogP contribution in [0.15, 0.2) is 11.6 Å². The molecule has 4 unspecified atom stereocenters. The first-order valence-corrected chi connectivity index (χ1v) is 10.7. The fourth-order valence-corrected chi connectivity index (χ4v) is 7.85. The predicted octanol–water partition coefficient (Wildman–Crippen LogP) is 4.30. The van der Waals surface area contributed by atoms with Crippen molar-refractivity contribution in [1.82, 2.24) is 0 Å². The van der Waals surface area contributed by atoms with E-state index in [0.717, 1.165) is 43.3 Å². The molecule has 140 valence electrons. The molecule has 0 radical (unpaired) electrons. The summed E-state index contributed by atoms with van der Waals surface area (Å²) in [4.78, 5) is 0. The second kappa shape index (κ2) is 5.81. The van der Waals surface area contributed by atoms with Crippen molar-refractivity contribution in [2.45, 2.75) is 77.1 Å². The Kier molecular flexibility index (Phi) is 3.90. The summed E-state index contributed by atoms with van der Waals surface area (Å²) in [5, 5.41) is 10.3. The first-order valence-electron chi connectivity index (χ1n) is 10.7. The van der Waals surface area contributed by atoms with Gasteiger partial charge in [0.25, 0.3) is 0 Å². The second-order valence-electron chi connectivity index (χ2n) is 9.81. The van der Waals surface area contributed by atoms with Crippen LogP contribution in [-0.2, 0) is 9.47 Å². The average Bonchev–Trinajstić information content (AvgIpc) is 3.18. The van der Waals surface area contributed by atoms with Crippen molar-refractivity contribution in [3.8, 4) is 0 Å². The van der Waals surface area contributed by atoms with Crippen molar-refractivity contribution in [3.63, 3.8) is 0 Å². The molecule has 5 aliphatic rings. The summed E-state index contributed by atoms with van der Waals surface area (Å²) in [6.07, 6.45) is 12.4. The molecule has 3 heteroatoms. The fourth-order valence-electron chi connectivity index (χ4n) is 7.85. The number of rotatable bonds is 1. The number of hydrogen-bond acceptors (Lipinski definition) is 3. The third-order valence-electron chi connectivity index (χ3n) is 8.89. The Morgan fingerprint density at radius 2 is 1.84 bits per heavy atom. The van der Waals surface area contributed by atoms with Crippen molar-refractivity contribution in [3.05, 3.63) is 11.6 Å². The molecule has 5 rings (SSSR count). The van der Waals surface area contributed by atoms with Gasteiger partial charge in [-0.1, -0.05) is 12.5 Å². The van der Waals surface area contributed by atoms with Crippen LogP contribution in [0.3, 0.4) is 0 Å². The standard InChI is InChI=1S/C22H34O3/c1-14(23)19-5-6-20-18-4-3-15-13-22(24-11-12-25-22)10-8-16(15)17(18)7-9-21(19,20)2/h13-14,16-20,23H,3-12H2,1-2H3/t14?,16-,17?,18?,19+,20?,21+/m1/s1. The minimum absolute atomic E-state index is 0.142. The molecule has 1 spiro atoms. The SMILES string of the molecule is CC(O)[C@@H]1CCC2C3CCC4=CC5(CC[C@H]4C3CC[C@]21C)OCCO5. The molecule has 0 amide bonds. The molecule has 1 N–H and O–H groups in total. The smallest absolute Gasteiger partial charge is 0.188 e. The van der Waals surface area contributed by atoms with Crippen molar-refractivity contribution in [2.24, 2.45) is 35.0 Å². The second-order valence-corrected chi connectivity index (χ2v) is 9.81. The molecule has 4 fully saturated rings. The summed E-state index contributed by atoms with van der Waals surface area (Å²) in [5.41, 5.74) is 2.02. The van der Waals surface area contributed by atoms with E-state index >= 15 is 0 Å². The highest BCUT2D eigenvalue weighted by atomic mass is 16.7. The monoisotopic (exact) mass is 346 g/mol. The molecule has 7 atom stereocenters. The van der Waals surface area contributed by atoms with Crippen LogP contribution in [0.2, 0.25) is 0 Å². The van der Waals surface area contributed by atoms with E-state index in [-0.39, 0.29) is 11.9 Å². The summed E-state index contributed by atoms with van der Waals surface area (Å²) in [7, 11) is 0. The van der Waals surface area contributed by atoms with E-state index in [1.165, 1.54) is 44.9 Å². The van der Waals surface area contributed by atoms with Gasteiger partial charge in [0.05, 0.1) is 19.3 Å². The van der Waals surface area contributed by atoms with Crippen molar-refractivity contribution in [2.75, 3.05) is 13.2 Å². The fraction of sp³-hybridized carbons (Fsp3) is 0.909. The van der Waals surface area contributed by atoms with E-state index in [4.69, 9.17) is 9.47 Å². The minimum atomic E-state index is -0.368. The maximum atomic E-state index is 10.3. The van der Waals surface area contributed by atoms with Crippen LogP contribution in [0.1, 0.15) is 65.2 Å². The zero-order valence-electron chi connectivity index (χ0n) is 15.9. The molecule has 1 saturated heterocycles. The molecule has 3 nitrogen and oxygen atoms in total. The Hall–Kier alpha value is -0.380. The largest absolute Gasteiger partial charge is 0.393 e. The number of hydrogen-bond donors (Lipinski definition) is 1. The molecule has 0 aromatic carbocycles. The van der Waals surface area contributed by atoms with Gasteiger partial charge in [0, 0.05) is 6.42 Å². The van der Waals surface area contributed by atoms with Crippen LogP contribution in [0.5, 0.6) is 0 Å². The van der Waals surface area contributed by atoms with Crippen molar-refractivity contribution >= 4 is 0 Å². The Bertz CT molecular complexity index is 562. The van der Waals surface area contributed by atoms with Gasteiger partial charge in [-0.2, -0.15) is 0 Å². The molecule has 25 heavy (non-hydrogen) atoms. The first-order chi connectivity index (χ1) is 12.0. The van der Waals surface area contributed by atoms with Crippen LogP contribution < -0.4 is 0 Å². The highest BCUT2D eigenvalue weighted by Gasteiger charge is 2.57. The average molecular weight is 347 g/mol. The van der Waals surface area contributed by atoms with E-state index in [9.17, 15) is 5.11 Å². The van der Waals surface area contributed by atoms with E-state index in [1.807, 2.05) is 6.92 Å². The number of aliphatic hydroxyl groups is 1. The van der Waals surface area contributed by atoms with Gasteiger partial charge in [-0.3, -0.25) is 0 Å². The van der Waals surface area contributed by atoms with E-state index in [2.05, 4.69) is 13.0 Å². The van der Waals surface area contributed by atoms with Crippen LogP contribution in [0, 0.1) is 35.0 Å². The summed E-state index contributed by atoms with van der Waals surface area (Å²) >= 11 is 0. The third kappa shape index (κ3) is 2.41. The molecular formula is C22H34O3. The Labute approximate surface area is 152 Å². The lowest BCUT2D eigenvalue weighted by molar-refractivity contribution is -0.135. The van der Waals surface area contributed by atoms with Crippen molar-refractivity contribution < 1.29 is 14.6 Å². The van der Waals surface area contributed by atoms with Gasteiger partial charge in [0.2, 0.25) is 0 Å². The highest BCUT2D eigenvalue weighted by molar-refractivity contribution is 5.22. The van der Waals surface area contributed by atoms with Gasteiger partial charge in [0.15, 0.2) is 5.79 Å². The van der Waals surface area contributed by atoms with Crippen LogP contribution >= 0.6 is 0 Å². The molecule has 0 aromatic rings. The third-order valence-corrected chi connectivity index (χ3v) is 8.89. The number of aliphatic hydroxyl groups excluding tert-OH is 1. The van der Waals surface area contributed by atoms with E-state index in [0.29, 0.717) is 11.3 Å². The lowest BCUT2D eigenvalue weighted by Crippen LogP contribution is -2.48. The van der Waals surface area contributed by atoms with E-state index in [1.54, 1.807) is 5.57 Å². The predicted molar refractivity (Wildman–Crippen MR) is 96.9 cm³/mol. The van der Waals surface area contributed by atoms with Crippen molar-refractivity contribution in [1.29, 1.82) is 0 Å². The lowest BCUT2D eigenvalue weighted by Gasteiger charge is -2.55. The summed E-state index contributed by atoms with van der Waals surface area (Å²) in [6.45, 7) is 6.03. The van der Waals surface area contributed by atoms with Gasteiger partial charge in [-0.05, 0) is 93.0 Å². The Balaban J connectivity index is 1.39. The lowest BCUT2D eigenvalue weighted by atomic mass is 9.51. The minimum Gasteiger partial charge on any atom is -0.393 e. The molecule has 1 heterocycles. The van der Waals surface area contributed by atoms with Gasteiger partial charge >= 0.3 is 0 Å². The maximum Gasteiger partial charge on any atom is 0.188 e. The highest BCUT2D eigenvalue weighted by Crippen LogP contribution is 2.64. The number of allylic oxidation sites excluding steroid dienone is 1. The normalized spacial score (nSPS) is 49.2. The van der Waals surface area contributed by atoms with Crippen LogP contribution in [-0.4, -0.2) is 30.2 Å². The quantitative estimate of drug-likeness (QED) is 0.720. The number of ether oxygens (including phenoxy) is 2. The van der Waals surface area contributed by atoms with Gasteiger partial charge in [-0.25, -0.2) is 0 Å². The zero-order chi connectivity index (χ0) is 17.2. The molecule has 4 aliphatic carbocycles. The topological polar surface area (TPSA) is 38.7 Å². The molecule has 0 bridgehead atoms. The molecule has 0 aromatic heterocycles. The van der Waals surface area contributed by atoms with Gasteiger partial charge in [-0.15, -0.1) is 0 Å². The van der Waals surface area contributed by atoms with Crippen LogP contribution in [0.4, 0.5) is 0 Å². The molecule has 3 saturated carbocycles. The first kappa shape index (κ1) is 16.8. The van der Waals surface area contributed by atoms with E-state index < -0.39 is 0 Å². The van der Waals surface area contributed by atoms with Gasteiger partial charge in [0.1, 0.15) is 0 Å². The summed E-state index contributed by atoms with van der Waals surface area (Å²) in [5.74, 6) is 3.50.